The van der Waals surface area contributed by atoms with Crippen LogP contribution in [-0.2, 0) is 4.74 Å². The van der Waals surface area contributed by atoms with Crippen LogP contribution in [0.4, 0.5) is 0 Å². The Hall–Kier alpha value is -0.730. The van der Waals surface area contributed by atoms with Crippen LogP contribution in [0.25, 0.3) is 0 Å². The molecule has 1 aromatic carbocycles. The molecule has 0 radical (unpaired) electrons. The monoisotopic (exact) mass is 328 g/mol. The van der Waals surface area contributed by atoms with E-state index in [2.05, 4.69) is 20.8 Å². The quantitative estimate of drug-likeness (QED) is 0.674. The molecule has 0 spiro atoms. The van der Waals surface area contributed by atoms with Crippen LogP contribution in [0.3, 0.4) is 0 Å². The Morgan fingerprint density at radius 3 is 2.62 bits per heavy atom. The van der Waals surface area contributed by atoms with E-state index >= 15 is 0 Å². The number of hydrogen-bond acceptors (Lipinski definition) is 2. The highest BCUT2D eigenvalue weighted by Crippen LogP contribution is 2.36. The van der Waals surface area contributed by atoms with Gasteiger partial charge in [0.05, 0.1) is 10.6 Å². The molecule has 1 aromatic rings. The van der Waals surface area contributed by atoms with Crippen LogP contribution in [-0.4, -0.2) is 12.1 Å². The van der Waals surface area contributed by atoms with E-state index in [4.69, 9.17) is 27.9 Å². The minimum absolute atomic E-state index is 0.0204. The van der Waals surface area contributed by atoms with Gasteiger partial charge >= 0.3 is 5.97 Å². The lowest BCUT2D eigenvalue weighted by Gasteiger charge is -2.36. The number of esters is 1. The van der Waals surface area contributed by atoms with Crippen LogP contribution in [0.5, 0.6) is 0 Å². The van der Waals surface area contributed by atoms with Gasteiger partial charge < -0.3 is 4.74 Å². The molecule has 0 aromatic heterocycles. The summed E-state index contributed by atoms with van der Waals surface area (Å²) >= 11 is 11.9. The maximum Gasteiger partial charge on any atom is 0.339 e. The highest BCUT2D eigenvalue weighted by atomic mass is 35.5. The molecule has 2 rings (SSSR count). The smallest absolute Gasteiger partial charge is 0.339 e. The molecule has 3 atom stereocenters. The van der Waals surface area contributed by atoms with Gasteiger partial charge in [-0.2, -0.15) is 0 Å². The van der Waals surface area contributed by atoms with Crippen molar-refractivity contribution >= 4 is 29.2 Å². The van der Waals surface area contributed by atoms with E-state index in [-0.39, 0.29) is 12.1 Å². The molecule has 0 aliphatic heterocycles. The Morgan fingerprint density at radius 2 is 2.00 bits per heavy atom. The fraction of sp³-hybridized carbons (Fsp3) is 0.588. The van der Waals surface area contributed by atoms with Crippen LogP contribution in [0.1, 0.15) is 50.4 Å². The first-order valence-corrected chi connectivity index (χ1v) is 8.30. The molecule has 4 heteroatoms. The van der Waals surface area contributed by atoms with Crippen LogP contribution in [0, 0.1) is 17.8 Å². The molecule has 0 heterocycles. The second-order valence-electron chi connectivity index (χ2n) is 6.39. The lowest BCUT2D eigenvalue weighted by Crippen LogP contribution is -2.35. The minimum atomic E-state index is -0.346. The predicted molar refractivity (Wildman–Crippen MR) is 87.0 cm³/mol. The molecule has 0 N–H and O–H groups in total. The van der Waals surface area contributed by atoms with Gasteiger partial charge in [-0.15, -0.1) is 0 Å². The van der Waals surface area contributed by atoms with Crippen molar-refractivity contribution in [3.8, 4) is 0 Å². The number of halogens is 2. The number of carbonyl (C=O) groups excluding carboxylic acids is 1. The van der Waals surface area contributed by atoms with Crippen molar-refractivity contribution in [2.45, 2.75) is 46.1 Å². The average Bonchev–Trinajstić information content (AvgIpc) is 2.37. The van der Waals surface area contributed by atoms with Crippen molar-refractivity contribution in [3.05, 3.63) is 33.8 Å². The minimum Gasteiger partial charge on any atom is -0.458 e. The van der Waals surface area contributed by atoms with Crippen LogP contribution in [0.15, 0.2) is 18.2 Å². The van der Waals surface area contributed by atoms with Crippen LogP contribution < -0.4 is 0 Å². The second-order valence-corrected chi connectivity index (χ2v) is 7.24. The summed E-state index contributed by atoms with van der Waals surface area (Å²) in [6.07, 6.45) is 3.23. The molecule has 0 unspecified atom stereocenters. The lowest BCUT2D eigenvalue weighted by atomic mass is 9.75. The van der Waals surface area contributed by atoms with Gasteiger partial charge in [-0.1, -0.05) is 50.4 Å². The Bertz CT molecular complexity index is 514. The van der Waals surface area contributed by atoms with Crippen molar-refractivity contribution in [2.24, 2.45) is 17.8 Å². The maximum absolute atomic E-state index is 12.4. The third-order valence-electron chi connectivity index (χ3n) is 4.37. The summed E-state index contributed by atoms with van der Waals surface area (Å²) in [6.45, 7) is 6.60. The zero-order valence-corrected chi connectivity index (χ0v) is 14.2. The number of benzene rings is 1. The first kappa shape index (κ1) is 16.6. The fourth-order valence-corrected chi connectivity index (χ4v) is 3.59. The lowest BCUT2D eigenvalue weighted by molar-refractivity contribution is -0.0173. The Morgan fingerprint density at radius 1 is 1.29 bits per heavy atom. The van der Waals surface area contributed by atoms with Gasteiger partial charge in [-0.3, -0.25) is 0 Å². The van der Waals surface area contributed by atoms with Crippen LogP contribution in [0.2, 0.25) is 10.0 Å². The fourth-order valence-electron chi connectivity index (χ4n) is 3.11. The summed E-state index contributed by atoms with van der Waals surface area (Å²) in [7, 11) is 0. The first-order chi connectivity index (χ1) is 9.88. The normalized spacial score (nSPS) is 25.9. The zero-order valence-electron chi connectivity index (χ0n) is 12.7. The van der Waals surface area contributed by atoms with Gasteiger partial charge in [0, 0.05) is 5.02 Å². The third-order valence-corrected chi connectivity index (χ3v) is 4.92. The van der Waals surface area contributed by atoms with Crippen molar-refractivity contribution < 1.29 is 9.53 Å². The third kappa shape index (κ3) is 4.14. The number of ether oxygens (including phenoxy) is 1. The maximum atomic E-state index is 12.4. The van der Waals surface area contributed by atoms with Crippen molar-refractivity contribution in [3.63, 3.8) is 0 Å². The van der Waals surface area contributed by atoms with Gasteiger partial charge in [-0.25, -0.2) is 4.79 Å². The summed E-state index contributed by atoms with van der Waals surface area (Å²) in [4.78, 5) is 12.4. The molecule has 2 nitrogen and oxygen atoms in total. The SMILES string of the molecule is CC(C)[C@@H]1CC[C@@H](C)C[C@H]1OC(=O)c1ccc(Cl)cc1Cl. The van der Waals surface area contributed by atoms with E-state index in [1.165, 1.54) is 6.42 Å². The summed E-state index contributed by atoms with van der Waals surface area (Å²) in [5.41, 5.74) is 0.391. The molecular weight excluding hydrogens is 307 g/mol. The zero-order chi connectivity index (χ0) is 15.6. The van der Waals surface area contributed by atoms with E-state index in [0.717, 1.165) is 12.8 Å². The largest absolute Gasteiger partial charge is 0.458 e. The van der Waals surface area contributed by atoms with E-state index in [9.17, 15) is 4.79 Å². The van der Waals surface area contributed by atoms with Crippen molar-refractivity contribution in [1.82, 2.24) is 0 Å². The summed E-state index contributed by atoms with van der Waals surface area (Å²) in [6, 6.07) is 4.86. The van der Waals surface area contributed by atoms with E-state index in [1.807, 2.05) is 0 Å². The average molecular weight is 329 g/mol. The highest BCUT2D eigenvalue weighted by Gasteiger charge is 2.33. The van der Waals surface area contributed by atoms with E-state index in [1.54, 1.807) is 18.2 Å². The molecule has 1 fully saturated rings. The topological polar surface area (TPSA) is 26.3 Å². The molecule has 0 amide bonds. The summed E-state index contributed by atoms with van der Waals surface area (Å²) < 4.78 is 5.78. The Kier molecular flexibility index (Phi) is 5.56. The summed E-state index contributed by atoms with van der Waals surface area (Å²) in [5.74, 6) is 1.19. The van der Waals surface area contributed by atoms with Crippen molar-refractivity contribution in [1.29, 1.82) is 0 Å². The molecule has 116 valence electrons. The van der Waals surface area contributed by atoms with Gasteiger partial charge in [0.25, 0.3) is 0 Å². The second kappa shape index (κ2) is 7.02. The van der Waals surface area contributed by atoms with E-state index in [0.29, 0.717) is 33.4 Å². The Labute approximate surface area is 136 Å². The summed E-state index contributed by atoms with van der Waals surface area (Å²) in [5, 5.41) is 0.861. The molecule has 0 saturated heterocycles. The van der Waals surface area contributed by atoms with Gasteiger partial charge in [0.2, 0.25) is 0 Å². The first-order valence-electron chi connectivity index (χ1n) is 7.54. The van der Waals surface area contributed by atoms with Crippen molar-refractivity contribution in [2.75, 3.05) is 0 Å². The predicted octanol–water partition coefficient (Wildman–Crippen LogP) is 5.61. The Balaban J connectivity index is 2.12. The van der Waals surface area contributed by atoms with E-state index < -0.39 is 0 Å². The molecular formula is C17H22Cl2O2. The number of rotatable bonds is 3. The molecule has 0 bridgehead atoms. The van der Waals surface area contributed by atoms with Gasteiger partial charge in [0.15, 0.2) is 0 Å². The molecule has 1 aliphatic carbocycles. The van der Waals surface area contributed by atoms with Gasteiger partial charge in [0.1, 0.15) is 6.10 Å². The highest BCUT2D eigenvalue weighted by molar-refractivity contribution is 6.36. The number of carbonyl (C=O) groups is 1. The molecule has 1 aliphatic rings. The van der Waals surface area contributed by atoms with Gasteiger partial charge in [-0.05, 0) is 48.8 Å². The van der Waals surface area contributed by atoms with Crippen LogP contribution >= 0.6 is 23.2 Å². The molecule has 1 saturated carbocycles. The molecule has 21 heavy (non-hydrogen) atoms. The number of hydrogen-bond donors (Lipinski definition) is 0. The standard InChI is InChI=1S/C17H22Cl2O2/c1-10(2)13-6-4-11(3)8-16(13)21-17(20)14-7-5-12(18)9-15(14)19/h5,7,9-11,13,16H,4,6,8H2,1-3H3/t11-,13+,16-/m1/s1.